The minimum absolute atomic E-state index is 0.151. The normalized spacial score (nSPS) is 14.7. The van der Waals surface area contributed by atoms with Crippen LogP contribution in [0.25, 0.3) is 0 Å². The van der Waals surface area contributed by atoms with Crippen LogP contribution < -0.4 is 20.8 Å². The molecular formula is C28H31Cl2N4O3P. The molecule has 4 rings (SSSR count). The van der Waals surface area contributed by atoms with Crippen LogP contribution in [0, 0.1) is 0 Å². The first kappa shape index (κ1) is 28.2. The van der Waals surface area contributed by atoms with E-state index in [1.54, 1.807) is 19.4 Å². The van der Waals surface area contributed by atoms with E-state index in [-0.39, 0.29) is 34.1 Å². The van der Waals surface area contributed by atoms with E-state index in [9.17, 15) is 14.2 Å². The highest BCUT2D eigenvalue weighted by Crippen LogP contribution is 2.44. The van der Waals surface area contributed by atoms with Crippen molar-refractivity contribution in [3.8, 4) is 0 Å². The average molecular weight is 573 g/mol. The van der Waals surface area contributed by atoms with Gasteiger partial charge in [0.25, 0.3) is 5.91 Å². The van der Waals surface area contributed by atoms with E-state index in [2.05, 4.69) is 29.5 Å². The largest absolute Gasteiger partial charge is 0.367 e. The van der Waals surface area contributed by atoms with Gasteiger partial charge in [0, 0.05) is 25.4 Å². The quantitative estimate of drug-likeness (QED) is 0.287. The molecule has 1 aliphatic rings. The summed E-state index contributed by atoms with van der Waals surface area (Å²) in [6.45, 7) is 8.34. The Morgan fingerprint density at radius 1 is 1.08 bits per heavy atom. The van der Waals surface area contributed by atoms with E-state index in [1.165, 1.54) is 19.3 Å². The molecule has 0 unspecified atom stereocenters. The van der Waals surface area contributed by atoms with Crippen molar-refractivity contribution in [3.63, 3.8) is 0 Å². The molecule has 1 saturated heterocycles. The van der Waals surface area contributed by atoms with Gasteiger partial charge >= 0.3 is 0 Å². The molecule has 0 spiro atoms. The van der Waals surface area contributed by atoms with Crippen LogP contribution in [-0.4, -0.2) is 50.3 Å². The molecule has 2 N–H and O–H groups in total. The Balaban J connectivity index is 1.74. The Morgan fingerprint density at radius 2 is 1.76 bits per heavy atom. The minimum atomic E-state index is -2.47. The second-order valence-corrected chi connectivity index (χ2v) is 14.3. The van der Waals surface area contributed by atoms with Gasteiger partial charge in [-0.1, -0.05) is 61.3 Å². The number of halogens is 2. The lowest BCUT2D eigenvalue weighted by Gasteiger charge is -2.51. The van der Waals surface area contributed by atoms with Crippen LogP contribution in [0.1, 0.15) is 41.3 Å². The number of hydrogen-bond donors (Lipinski definition) is 2. The van der Waals surface area contributed by atoms with Gasteiger partial charge < -0.3 is 20.1 Å². The Bertz CT molecular complexity index is 1450. The standard InChI is InChI=1S/C28H31Cl2N4O3P/c1-17(2)19-8-6-7-9-21(19)28(27(36)33-23-14-32-25(30)13-20(23)26(35)31-3)15-34(16-28)24-11-10-18(12-22(24)29)38(4,5)37/h6-14,17H,15-16H2,1-5H3,(H,31,35)(H,33,36). The highest BCUT2D eigenvalue weighted by atomic mass is 35.5. The first-order chi connectivity index (χ1) is 17.9. The summed E-state index contributed by atoms with van der Waals surface area (Å²) in [5.74, 6) is -0.447. The van der Waals surface area contributed by atoms with Gasteiger partial charge in [-0.3, -0.25) is 9.59 Å². The smallest absolute Gasteiger partial charge is 0.253 e. The number of aromatic nitrogens is 1. The summed E-state index contributed by atoms with van der Waals surface area (Å²) in [6, 6.07) is 14.8. The molecule has 0 atom stereocenters. The molecule has 1 fully saturated rings. The van der Waals surface area contributed by atoms with Crippen molar-refractivity contribution >= 4 is 58.8 Å². The molecule has 2 heterocycles. The number of hydrogen-bond acceptors (Lipinski definition) is 5. The third kappa shape index (κ3) is 5.33. The molecule has 200 valence electrons. The molecule has 38 heavy (non-hydrogen) atoms. The number of rotatable bonds is 7. The molecule has 0 bridgehead atoms. The summed E-state index contributed by atoms with van der Waals surface area (Å²) in [4.78, 5) is 32.7. The topological polar surface area (TPSA) is 91.4 Å². The van der Waals surface area contributed by atoms with Gasteiger partial charge in [-0.25, -0.2) is 4.98 Å². The predicted molar refractivity (Wildman–Crippen MR) is 156 cm³/mol. The maximum absolute atomic E-state index is 14.1. The number of benzene rings is 2. The van der Waals surface area contributed by atoms with Crippen LogP contribution in [0.4, 0.5) is 11.4 Å². The van der Waals surface area contributed by atoms with Crippen molar-refractivity contribution < 1.29 is 14.2 Å². The van der Waals surface area contributed by atoms with Gasteiger partial charge in [-0.15, -0.1) is 0 Å². The van der Waals surface area contributed by atoms with E-state index in [0.717, 1.165) is 16.8 Å². The van der Waals surface area contributed by atoms with Gasteiger partial charge in [0.2, 0.25) is 5.91 Å². The molecule has 2 amide bonds. The molecule has 0 saturated carbocycles. The summed E-state index contributed by atoms with van der Waals surface area (Å²) in [5, 5.41) is 6.88. The van der Waals surface area contributed by atoms with Crippen LogP contribution in [-0.2, 0) is 14.8 Å². The zero-order chi connectivity index (χ0) is 27.8. The van der Waals surface area contributed by atoms with E-state index in [4.69, 9.17) is 23.2 Å². The van der Waals surface area contributed by atoms with E-state index < -0.39 is 12.6 Å². The molecule has 7 nitrogen and oxygen atoms in total. The fourth-order valence-electron chi connectivity index (χ4n) is 4.83. The summed E-state index contributed by atoms with van der Waals surface area (Å²) >= 11 is 12.7. The first-order valence-corrected chi connectivity index (χ1v) is 15.6. The highest BCUT2D eigenvalue weighted by molar-refractivity contribution is 7.70. The molecule has 0 radical (unpaired) electrons. The Morgan fingerprint density at radius 3 is 2.37 bits per heavy atom. The van der Waals surface area contributed by atoms with Crippen LogP contribution in [0.2, 0.25) is 10.2 Å². The molecule has 1 aromatic heterocycles. The maximum atomic E-state index is 14.1. The lowest BCUT2D eigenvalue weighted by Crippen LogP contribution is -2.65. The van der Waals surface area contributed by atoms with Gasteiger partial charge in [0.15, 0.2) is 0 Å². The Hall–Kier alpha value is -2.86. The van der Waals surface area contributed by atoms with E-state index in [0.29, 0.717) is 23.4 Å². The molecule has 1 aliphatic heterocycles. The van der Waals surface area contributed by atoms with Crippen molar-refractivity contribution in [2.45, 2.75) is 25.2 Å². The third-order valence-corrected chi connectivity index (χ3v) is 8.97. The molecule has 10 heteroatoms. The maximum Gasteiger partial charge on any atom is 0.253 e. The average Bonchev–Trinajstić information content (AvgIpc) is 2.84. The first-order valence-electron chi connectivity index (χ1n) is 12.3. The minimum Gasteiger partial charge on any atom is -0.367 e. The molecule has 2 aromatic carbocycles. The molecular weight excluding hydrogens is 542 g/mol. The summed E-state index contributed by atoms with van der Waals surface area (Å²) < 4.78 is 12.5. The van der Waals surface area contributed by atoms with Crippen molar-refractivity contribution in [2.24, 2.45) is 0 Å². The predicted octanol–water partition coefficient (Wildman–Crippen LogP) is 5.52. The Labute approximate surface area is 233 Å². The van der Waals surface area contributed by atoms with Crippen molar-refractivity contribution in [1.29, 1.82) is 0 Å². The number of pyridine rings is 1. The number of carbonyl (C=O) groups excluding carboxylic acids is 2. The van der Waals surface area contributed by atoms with Crippen LogP contribution >= 0.6 is 30.3 Å². The number of amides is 2. The molecule has 3 aromatic rings. The zero-order valence-electron chi connectivity index (χ0n) is 22.0. The second-order valence-electron chi connectivity index (χ2n) is 10.3. The van der Waals surface area contributed by atoms with E-state index >= 15 is 0 Å². The zero-order valence-corrected chi connectivity index (χ0v) is 24.4. The number of nitrogens with zero attached hydrogens (tertiary/aromatic N) is 2. The lowest BCUT2D eigenvalue weighted by atomic mass is 9.69. The molecule has 0 aliphatic carbocycles. The van der Waals surface area contributed by atoms with Crippen LogP contribution in [0.3, 0.4) is 0 Å². The third-order valence-electron chi connectivity index (χ3n) is 6.94. The van der Waals surface area contributed by atoms with E-state index in [1.807, 2.05) is 41.3 Å². The number of anilines is 2. The summed E-state index contributed by atoms with van der Waals surface area (Å²) in [7, 11) is -0.954. The van der Waals surface area contributed by atoms with Gasteiger partial charge in [0.1, 0.15) is 17.7 Å². The summed E-state index contributed by atoms with van der Waals surface area (Å²) in [6.07, 6.45) is 1.40. The van der Waals surface area contributed by atoms with Crippen LogP contribution in [0.5, 0.6) is 0 Å². The lowest BCUT2D eigenvalue weighted by molar-refractivity contribution is -0.122. The second kappa shape index (κ2) is 10.7. The fourth-order valence-corrected chi connectivity index (χ4v) is 6.24. The van der Waals surface area contributed by atoms with Crippen molar-refractivity contribution in [1.82, 2.24) is 10.3 Å². The van der Waals surface area contributed by atoms with Crippen LogP contribution in [0.15, 0.2) is 54.7 Å². The number of carbonyl (C=O) groups is 2. The summed E-state index contributed by atoms with van der Waals surface area (Å²) in [5.41, 5.74) is 2.37. The van der Waals surface area contributed by atoms with Gasteiger partial charge in [0.05, 0.1) is 28.2 Å². The SMILES string of the molecule is CNC(=O)c1cc(Cl)ncc1NC(=O)C1(c2ccccc2C(C)C)CN(c2ccc(P(C)(C)=O)cc2Cl)C1. The highest BCUT2D eigenvalue weighted by Gasteiger charge is 2.52. The van der Waals surface area contributed by atoms with Crippen molar-refractivity contribution in [2.75, 3.05) is 43.7 Å². The van der Waals surface area contributed by atoms with Crippen molar-refractivity contribution in [3.05, 3.63) is 81.6 Å². The van der Waals surface area contributed by atoms with Gasteiger partial charge in [-0.2, -0.15) is 0 Å². The van der Waals surface area contributed by atoms with Gasteiger partial charge in [-0.05, 0) is 54.6 Å². The Kier molecular flexibility index (Phi) is 7.94. The number of nitrogens with one attached hydrogen (secondary N) is 2. The monoisotopic (exact) mass is 572 g/mol. The fraction of sp³-hybridized carbons (Fsp3) is 0.321.